The van der Waals surface area contributed by atoms with E-state index in [1.165, 1.54) is 6.08 Å². The Morgan fingerprint density at radius 1 is 1.14 bits per heavy atom. The third-order valence-electron chi connectivity index (χ3n) is 2.67. The van der Waals surface area contributed by atoms with E-state index >= 15 is 0 Å². The Hall–Kier alpha value is -2.04. The number of nitrogens with zero attached hydrogens (tertiary/aromatic N) is 1. The van der Waals surface area contributed by atoms with Crippen molar-refractivity contribution in [1.82, 2.24) is 0 Å². The molecule has 0 atom stereocenters. The Morgan fingerprint density at radius 2 is 1.90 bits per heavy atom. The number of halogens is 2. The molecular formula is C15H11Cl2NO3. The molecule has 0 aliphatic carbocycles. The minimum absolute atomic E-state index is 0.292. The number of benzene rings is 2. The smallest absolute Gasteiger partial charge is 0.235 e. The highest BCUT2D eigenvalue weighted by Crippen LogP contribution is 2.25. The second-order valence-electron chi connectivity index (χ2n) is 4.18. The Balaban J connectivity index is 2.12. The van der Waals surface area contributed by atoms with Crippen LogP contribution in [-0.2, 0) is 6.61 Å². The van der Waals surface area contributed by atoms with Crippen LogP contribution in [0.25, 0.3) is 6.08 Å². The molecule has 0 unspecified atom stereocenters. The van der Waals surface area contributed by atoms with E-state index in [1.54, 1.807) is 36.4 Å². The van der Waals surface area contributed by atoms with Crippen LogP contribution in [0, 0.1) is 10.1 Å². The molecule has 0 N–H and O–H groups in total. The summed E-state index contributed by atoms with van der Waals surface area (Å²) in [7, 11) is 0. The fraction of sp³-hybridized carbons (Fsp3) is 0.0667. The first-order valence-electron chi connectivity index (χ1n) is 6.04. The van der Waals surface area contributed by atoms with Crippen LogP contribution in [0.15, 0.2) is 48.7 Å². The predicted molar refractivity (Wildman–Crippen MR) is 83.3 cm³/mol. The van der Waals surface area contributed by atoms with Gasteiger partial charge in [-0.3, -0.25) is 10.1 Å². The van der Waals surface area contributed by atoms with Crippen LogP contribution >= 0.6 is 23.2 Å². The van der Waals surface area contributed by atoms with Gasteiger partial charge in [-0.25, -0.2) is 0 Å². The number of hydrogen-bond donors (Lipinski definition) is 0. The summed E-state index contributed by atoms with van der Waals surface area (Å²) in [6, 6.07) is 12.3. The molecule has 2 aromatic carbocycles. The van der Waals surface area contributed by atoms with Crippen LogP contribution in [0.3, 0.4) is 0 Å². The van der Waals surface area contributed by atoms with Crippen molar-refractivity contribution in [3.05, 3.63) is 80.0 Å². The van der Waals surface area contributed by atoms with Crippen molar-refractivity contribution in [1.29, 1.82) is 0 Å². The van der Waals surface area contributed by atoms with Crippen LogP contribution in [0.4, 0.5) is 0 Å². The van der Waals surface area contributed by atoms with Gasteiger partial charge in [-0.05, 0) is 23.8 Å². The molecule has 21 heavy (non-hydrogen) atoms. The van der Waals surface area contributed by atoms with Gasteiger partial charge in [-0.1, -0.05) is 47.5 Å². The summed E-state index contributed by atoms with van der Waals surface area (Å²) in [6.45, 7) is 0.292. The van der Waals surface area contributed by atoms with E-state index in [4.69, 9.17) is 27.9 Å². The third kappa shape index (κ3) is 4.48. The second-order valence-corrected chi connectivity index (χ2v) is 4.99. The normalized spacial score (nSPS) is 10.8. The number of ether oxygens (including phenoxy) is 1. The van der Waals surface area contributed by atoms with Crippen molar-refractivity contribution in [2.24, 2.45) is 0 Å². The molecule has 4 nitrogen and oxygen atoms in total. The Kier molecular flexibility index (Phi) is 5.20. The number of para-hydroxylation sites is 1. The summed E-state index contributed by atoms with van der Waals surface area (Å²) in [5, 5.41) is 11.3. The van der Waals surface area contributed by atoms with Crippen LogP contribution in [0.1, 0.15) is 11.1 Å². The molecule has 0 heterocycles. The van der Waals surface area contributed by atoms with E-state index in [0.29, 0.717) is 28.0 Å². The summed E-state index contributed by atoms with van der Waals surface area (Å²) >= 11 is 11.8. The van der Waals surface area contributed by atoms with Gasteiger partial charge in [0.2, 0.25) is 6.20 Å². The van der Waals surface area contributed by atoms with Crippen molar-refractivity contribution < 1.29 is 9.66 Å². The zero-order valence-corrected chi connectivity index (χ0v) is 12.3. The van der Waals surface area contributed by atoms with Gasteiger partial charge in [0.05, 0.1) is 15.0 Å². The predicted octanol–water partition coefficient (Wildman–Crippen LogP) is 4.82. The minimum atomic E-state index is -0.518. The van der Waals surface area contributed by atoms with E-state index in [1.807, 2.05) is 6.07 Å². The maximum atomic E-state index is 10.4. The van der Waals surface area contributed by atoms with Gasteiger partial charge in [0.1, 0.15) is 12.4 Å². The molecule has 2 rings (SSSR count). The highest BCUT2D eigenvalue weighted by atomic mass is 35.5. The Labute approximate surface area is 131 Å². The first-order valence-corrected chi connectivity index (χ1v) is 6.79. The number of nitro groups is 1. The molecule has 0 aromatic heterocycles. The Morgan fingerprint density at radius 3 is 2.62 bits per heavy atom. The second kappa shape index (κ2) is 7.11. The molecular weight excluding hydrogens is 313 g/mol. The molecule has 0 amide bonds. The zero-order chi connectivity index (χ0) is 15.2. The lowest BCUT2D eigenvalue weighted by Gasteiger charge is -2.09. The molecule has 0 bridgehead atoms. The van der Waals surface area contributed by atoms with Gasteiger partial charge in [-0.2, -0.15) is 0 Å². The fourth-order valence-electron chi connectivity index (χ4n) is 1.68. The van der Waals surface area contributed by atoms with Crippen LogP contribution in [0.5, 0.6) is 5.75 Å². The molecule has 0 aliphatic heterocycles. The van der Waals surface area contributed by atoms with Crippen molar-refractivity contribution in [3.63, 3.8) is 0 Å². The third-order valence-corrected chi connectivity index (χ3v) is 3.41. The summed E-state index contributed by atoms with van der Waals surface area (Å²) in [6.07, 6.45) is 2.27. The summed E-state index contributed by atoms with van der Waals surface area (Å²) in [5.74, 6) is 0.557. The van der Waals surface area contributed by atoms with E-state index < -0.39 is 4.92 Å². The highest BCUT2D eigenvalue weighted by molar-refractivity contribution is 6.42. The first-order chi connectivity index (χ1) is 10.1. The lowest BCUT2D eigenvalue weighted by Crippen LogP contribution is -1.97. The molecule has 0 spiro atoms. The summed E-state index contributed by atoms with van der Waals surface area (Å²) in [4.78, 5) is 9.87. The van der Waals surface area contributed by atoms with Crippen molar-refractivity contribution in [2.75, 3.05) is 0 Å². The number of rotatable bonds is 5. The standard InChI is InChI=1S/C15H11Cl2NO3/c16-13-6-5-11(9-14(13)17)10-21-15-4-2-1-3-12(15)7-8-18(19)20/h1-9H,10H2/b8-7+. The van der Waals surface area contributed by atoms with Crippen molar-refractivity contribution >= 4 is 29.3 Å². The quantitative estimate of drug-likeness (QED) is 0.585. The lowest BCUT2D eigenvalue weighted by atomic mass is 10.2. The number of hydrogen-bond acceptors (Lipinski definition) is 3. The summed E-state index contributed by atoms with van der Waals surface area (Å²) < 4.78 is 5.67. The van der Waals surface area contributed by atoms with Gasteiger partial charge in [0, 0.05) is 11.6 Å². The van der Waals surface area contributed by atoms with Crippen LogP contribution in [-0.4, -0.2) is 4.92 Å². The average Bonchev–Trinajstić information content (AvgIpc) is 2.47. The van der Waals surface area contributed by atoms with Crippen LogP contribution in [0.2, 0.25) is 10.0 Å². The molecule has 0 fully saturated rings. The molecule has 0 radical (unpaired) electrons. The van der Waals surface area contributed by atoms with Crippen molar-refractivity contribution in [3.8, 4) is 5.75 Å². The largest absolute Gasteiger partial charge is 0.488 e. The lowest BCUT2D eigenvalue weighted by molar-refractivity contribution is -0.400. The van der Waals surface area contributed by atoms with Gasteiger partial charge in [-0.15, -0.1) is 0 Å². The average molecular weight is 324 g/mol. The topological polar surface area (TPSA) is 52.4 Å². The van der Waals surface area contributed by atoms with Gasteiger partial charge in [0.25, 0.3) is 0 Å². The monoisotopic (exact) mass is 323 g/mol. The molecule has 2 aromatic rings. The maximum absolute atomic E-state index is 10.4. The molecule has 108 valence electrons. The van der Waals surface area contributed by atoms with Gasteiger partial charge < -0.3 is 4.74 Å². The fourth-order valence-corrected chi connectivity index (χ4v) is 2.00. The maximum Gasteiger partial charge on any atom is 0.235 e. The SMILES string of the molecule is O=[N+]([O-])/C=C/c1ccccc1OCc1ccc(Cl)c(Cl)c1. The zero-order valence-electron chi connectivity index (χ0n) is 10.8. The summed E-state index contributed by atoms with van der Waals surface area (Å²) in [5.41, 5.74) is 1.49. The molecule has 0 saturated heterocycles. The van der Waals surface area contributed by atoms with Gasteiger partial charge >= 0.3 is 0 Å². The van der Waals surface area contributed by atoms with E-state index in [2.05, 4.69) is 0 Å². The molecule has 0 aliphatic rings. The molecule has 6 heteroatoms. The van der Waals surface area contributed by atoms with Crippen molar-refractivity contribution in [2.45, 2.75) is 6.61 Å². The Bertz CT molecular complexity index is 686. The van der Waals surface area contributed by atoms with Gasteiger partial charge in [0.15, 0.2) is 0 Å². The molecule has 0 saturated carbocycles. The highest BCUT2D eigenvalue weighted by Gasteiger charge is 2.04. The minimum Gasteiger partial charge on any atom is -0.488 e. The van der Waals surface area contributed by atoms with E-state index in [0.717, 1.165) is 11.8 Å². The van der Waals surface area contributed by atoms with E-state index in [9.17, 15) is 10.1 Å². The first kappa shape index (κ1) is 15.4. The van der Waals surface area contributed by atoms with E-state index in [-0.39, 0.29) is 0 Å². The van der Waals surface area contributed by atoms with Crippen LogP contribution < -0.4 is 4.74 Å².